The highest BCUT2D eigenvalue weighted by Crippen LogP contribution is 2.27. The standard InChI is InChI=1S/C24H27FN6O/c1-15-17(3)28-31(18(15)4)23-13-21(26-14-27-23)12-22-16(2)24(29-30(22)10-11-32-5)19-6-8-20(25)9-7-19/h6-9,13-14H,10-12H2,1-5H3. The zero-order valence-electron chi connectivity index (χ0n) is 19.1. The summed E-state index contributed by atoms with van der Waals surface area (Å²) in [7, 11) is 1.67. The van der Waals surface area contributed by atoms with Crippen molar-refractivity contribution in [1.82, 2.24) is 29.5 Å². The number of nitrogens with zero attached hydrogens (tertiary/aromatic N) is 6. The number of methoxy groups -OCH3 is 1. The molecule has 0 saturated heterocycles. The van der Waals surface area contributed by atoms with E-state index in [-0.39, 0.29) is 5.82 Å². The maximum absolute atomic E-state index is 13.4. The van der Waals surface area contributed by atoms with E-state index < -0.39 is 0 Å². The lowest BCUT2D eigenvalue weighted by Crippen LogP contribution is -2.11. The van der Waals surface area contributed by atoms with E-state index in [1.54, 1.807) is 25.6 Å². The topological polar surface area (TPSA) is 70.7 Å². The van der Waals surface area contributed by atoms with Crippen LogP contribution in [0.4, 0.5) is 4.39 Å². The summed E-state index contributed by atoms with van der Waals surface area (Å²) in [6.45, 7) is 9.28. The summed E-state index contributed by atoms with van der Waals surface area (Å²) in [5, 5.41) is 9.42. The third kappa shape index (κ3) is 4.18. The molecule has 0 N–H and O–H groups in total. The van der Waals surface area contributed by atoms with Crippen LogP contribution >= 0.6 is 0 Å². The highest BCUT2D eigenvalue weighted by atomic mass is 19.1. The first-order valence-corrected chi connectivity index (χ1v) is 10.5. The number of hydrogen-bond donors (Lipinski definition) is 0. The van der Waals surface area contributed by atoms with Gasteiger partial charge in [-0.1, -0.05) is 0 Å². The highest BCUT2D eigenvalue weighted by Gasteiger charge is 2.18. The molecule has 4 rings (SSSR count). The molecule has 3 aromatic heterocycles. The molecule has 0 aliphatic rings. The molecule has 0 atom stereocenters. The zero-order chi connectivity index (χ0) is 22.8. The Morgan fingerprint density at radius 2 is 1.72 bits per heavy atom. The molecule has 0 amide bonds. The predicted molar refractivity (Wildman–Crippen MR) is 120 cm³/mol. The van der Waals surface area contributed by atoms with E-state index in [1.807, 2.05) is 36.2 Å². The van der Waals surface area contributed by atoms with Crippen molar-refractivity contribution in [1.29, 1.82) is 0 Å². The van der Waals surface area contributed by atoms with Crippen LogP contribution in [0.2, 0.25) is 0 Å². The molecule has 0 radical (unpaired) electrons. The molecule has 1 aromatic carbocycles. The van der Waals surface area contributed by atoms with Gasteiger partial charge in [0.2, 0.25) is 0 Å². The number of benzene rings is 1. The van der Waals surface area contributed by atoms with E-state index in [0.29, 0.717) is 19.6 Å². The zero-order valence-corrected chi connectivity index (χ0v) is 19.1. The normalized spacial score (nSPS) is 11.3. The molecule has 0 aliphatic carbocycles. The summed E-state index contributed by atoms with van der Waals surface area (Å²) < 4.78 is 22.5. The van der Waals surface area contributed by atoms with Gasteiger partial charge >= 0.3 is 0 Å². The second-order valence-corrected chi connectivity index (χ2v) is 7.90. The van der Waals surface area contributed by atoms with E-state index in [1.165, 1.54) is 12.1 Å². The second kappa shape index (κ2) is 9.00. The molecule has 7 nitrogen and oxygen atoms in total. The second-order valence-electron chi connectivity index (χ2n) is 7.90. The highest BCUT2D eigenvalue weighted by molar-refractivity contribution is 5.64. The Labute approximate surface area is 186 Å². The third-order valence-corrected chi connectivity index (χ3v) is 5.87. The smallest absolute Gasteiger partial charge is 0.157 e. The first kappa shape index (κ1) is 21.8. The van der Waals surface area contributed by atoms with Gasteiger partial charge in [-0.25, -0.2) is 19.0 Å². The fourth-order valence-corrected chi connectivity index (χ4v) is 3.77. The molecule has 0 bridgehead atoms. The number of halogens is 1. The van der Waals surface area contributed by atoms with Gasteiger partial charge in [0.1, 0.15) is 12.1 Å². The molecular weight excluding hydrogens is 407 g/mol. The average Bonchev–Trinajstić information content (AvgIpc) is 3.24. The Morgan fingerprint density at radius 3 is 2.38 bits per heavy atom. The van der Waals surface area contributed by atoms with Gasteiger partial charge in [-0.15, -0.1) is 0 Å². The largest absolute Gasteiger partial charge is 0.383 e. The van der Waals surface area contributed by atoms with Crippen molar-refractivity contribution in [2.75, 3.05) is 13.7 Å². The quantitative estimate of drug-likeness (QED) is 0.437. The van der Waals surface area contributed by atoms with Gasteiger partial charge in [0.05, 0.1) is 30.2 Å². The number of aromatic nitrogens is 6. The SMILES string of the molecule is COCCn1nc(-c2ccc(F)cc2)c(C)c1Cc1cc(-n2nc(C)c(C)c2C)ncn1. The summed E-state index contributed by atoms with van der Waals surface area (Å²) >= 11 is 0. The molecule has 0 aliphatic heterocycles. The maximum atomic E-state index is 13.4. The Kier molecular flexibility index (Phi) is 6.14. The van der Waals surface area contributed by atoms with Crippen molar-refractivity contribution < 1.29 is 9.13 Å². The minimum absolute atomic E-state index is 0.265. The van der Waals surface area contributed by atoms with Gasteiger partial charge in [0, 0.05) is 36.5 Å². The molecule has 8 heteroatoms. The third-order valence-electron chi connectivity index (χ3n) is 5.87. The van der Waals surface area contributed by atoms with Gasteiger partial charge < -0.3 is 4.74 Å². The van der Waals surface area contributed by atoms with Gasteiger partial charge in [0.25, 0.3) is 0 Å². The Morgan fingerprint density at radius 1 is 0.969 bits per heavy atom. The summed E-state index contributed by atoms with van der Waals surface area (Å²) in [6, 6.07) is 8.38. The van der Waals surface area contributed by atoms with Crippen LogP contribution in [0.15, 0.2) is 36.7 Å². The first-order chi connectivity index (χ1) is 15.4. The molecule has 4 aromatic rings. The van der Waals surface area contributed by atoms with Crippen molar-refractivity contribution in [3.05, 3.63) is 76.4 Å². The number of rotatable bonds is 7. The van der Waals surface area contributed by atoms with Crippen LogP contribution in [0.5, 0.6) is 0 Å². The van der Waals surface area contributed by atoms with Crippen molar-refractivity contribution in [2.24, 2.45) is 0 Å². The molecule has 0 fully saturated rings. The summed E-state index contributed by atoms with van der Waals surface area (Å²) in [5.41, 5.74) is 7.86. The van der Waals surface area contributed by atoms with E-state index in [0.717, 1.165) is 51.0 Å². The van der Waals surface area contributed by atoms with E-state index in [9.17, 15) is 4.39 Å². The summed E-state index contributed by atoms with van der Waals surface area (Å²) in [6.07, 6.45) is 2.15. The van der Waals surface area contributed by atoms with Crippen LogP contribution in [-0.4, -0.2) is 43.2 Å². The lowest BCUT2D eigenvalue weighted by atomic mass is 10.0. The average molecular weight is 435 g/mol. The lowest BCUT2D eigenvalue weighted by Gasteiger charge is -2.09. The Balaban J connectivity index is 1.72. The summed E-state index contributed by atoms with van der Waals surface area (Å²) in [5.74, 6) is 0.474. The molecule has 0 unspecified atom stereocenters. The van der Waals surface area contributed by atoms with Crippen LogP contribution < -0.4 is 0 Å². The van der Waals surface area contributed by atoms with Crippen molar-refractivity contribution >= 4 is 0 Å². The Bertz CT molecular complexity index is 1240. The molecule has 3 heterocycles. The predicted octanol–water partition coefficient (Wildman–Crippen LogP) is 4.14. The molecule has 32 heavy (non-hydrogen) atoms. The van der Waals surface area contributed by atoms with E-state index in [2.05, 4.69) is 22.0 Å². The van der Waals surface area contributed by atoms with Crippen LogP contribution in [-0.2, 0) is 17.7 Å². The fraction of sp³-hybridized carbons (Fsp3) is 0.333. The van der Waals surface area contributed by atoms with Crippen LogP contribution in [0.25, 0.3) is 17.1 Å². The van der Waals surface area contributed by atoms with Gasteiger partial charge in [-0.2, -0.15) is 10.2 Å². The summed E-state index contributed by atoms with van der Waals surface area (Å²) in [4.78, 5) is 8.93. The maximum Gasteiger partial charge on any atom is 0.157 e. The molecule has 166 valence electrons. The minimum Gasteiger partial charge on any atom is -0.383 e. The molecule has 0 spiro atoms. The monoisotopic (exact) mass is 434 g/mol. The van der Waals surface area contributed by atoms with Crippen molar-refractivity contribution in [3.8, 4) is 17.1 Å². The van der Waals surface area contributed by atoms with Crippen LogP contribution in [0.1, 0.15) is 33.9 Å². The first-order valence-electron chi connectivity index (χ1n) is 10.5. The van der Waals surface area contributed by atoms with Gasteiger partial charge in [-0.05, 0) is 63.1 Å². The fourth-order valence-electron chi connectivity index (χ4n) is 3.77. The number of aryl methyl sites for hydroxylation is 1. The van der Waals surface area contributed by atoms with Gasteiger partial charge in [-0.3, -0.25) is 4.68 Å². The van der Waals surface area contributed by atoms with Crippen LogP contribution in [0.3, 0.4) is 0 Å². The van der Waals surface area contributed by atoms with Crippen molar-refractivity contribution in [2.45, 2.75) is 40.7 Å². The molecule has 0 saturated carbocycles. The molecular formula is C24H27FN6O. The minimum atomic E-state index is -0.265. The van der Waals surface area contributed by atoms with Crippen LogP contribution in [0, 0.1) is 33.5 Å². The lowest BCUT2D eigenvalue weighted by molar-refractivity contribution is 0.182. The number of ether oxygens (including phenoxy) is 1. The number of hydrogen-bond acceptors (Lipinski definition) is 5. The van der Waals surface area contributed by atoms with Crippen molar-refractivity contribution in [3.63, 3.8) is 0 Å². The van der Waals surface area contributed by atoms with E-state index >= 15 is 0 Å². The van der Waals surface area contributed by atoms with E-state index in [4.69, 9.17) is 9.84 Å². The van der Waals surface area contributed by atoms with Gasteiger partial charge in [0.15, 0.2) is 5.82 Å². The Hall–Kier alpha value is -3.39.